The third kappa shape index (κ3) is 4.13. The van der Waals surface area contributed by atoms with Gasteiger partial charge in [0.1, 0.15) is 11.5 Å². The van der Waals surface area contributed by atoms with Crippen molar-refractivity contribution in [2.75, 3.05) is 14.2 Å². The average Bonchev–Trinajstić information content (AvgIpc) is 2.43. The Morgan fingerprint density at radius 3 is 2.53 bits per heavy atom. The van der Waals surface area contributed by atoms with Crippen LogP contribution in [0.2, 0.25) is 0 Å². The monoisotopic (exact) mass is 266 g/mol. The number of carbonyl (C=O) groups excluding carboxylic acids is 1. The Bertz CT molecular complexity index is 433. The van der Waals surface area contributed by atoms with Crippen molar-refractivity contribution < 1.29 is 14.3 Å². The lowest BCUT2D eigenvalue weighted by atomic mass is 10.0. The highest BCUT2D eigenvalue weighted by atomic mass is 16.5. The van der Waals surface area contributed by atoms with E-state index in [0.29, 0.717) is 12.3 Å². The van der Waals surface area contributed by atoms with Crippen molar-refractivity contribution in [3.63, 3.8) is 0 Å². The molecule has 0 radical (unpaired) electrons. The van der Waals surface area contributed by atoms with Crippen molar-refractivity contribution in [2.24, 2.45) is 11.7 Å². The second-order valence-electron chi connectivity index (χ2n) is 4.54. The predicted molar refractivity (Wildman–Crippen MR) is 74.2 cm³/mol. The minimum absolute atomic E-state index is 0.0622. The summed E-state index contributed by atoms with van der Waals surface area (Å²) >= 11 is 0. The van der Waals surface area contributed by atoms with E-state index in [1.807, 2.05) is 26.0 Å². The van der Waals surface area contributed by atoms with Crippen molar-refractivity contribution in [1.82, 2.24) is 5.32 Å². The van der Waals surface area contributed by atoms with Crippen LogP contribution in [-0.2, 0) is 11.3 Å². The number of hydrogen-bond donors (Lipinski definition) is 2. The molecule has 0 aliphatic carbocycles. The summed E-state index contributed by atoms with van der Waals surface area (Å²) in [7, 11) is 3.19. The maximum atomic E-state index is 11.8. The fourth-order valence-electron chi connectivity index (χ4n) is 1.58. The molecule has 0 spiro atoms. The van der Waals surface area contributed by atoms with Gasteiger partial charge in [-0.25, -0.2) is 0 Å². The van der Waals surface area contributed by atoms with Crippen molar-refractivity contribution in [3.05, 3.63) is 23.8 Å². The molecule has 1 aromatic rings. The minimum atomic E-state index is -0.218. The lowest BCUT2D eigenvalue weighted by molar-refractivity contribution is -0.125. The smallest absolute Gasteiger partial charge is 0.224 e. The summed E-state index contributed by atoms with van der Waals surface area (Å²) in [5.74, 6) is 1.13. The highest BCUT2D eigenvalue weighted by Crippen LogP contribution is 2.24. The van der Waals surface area contributed by atoms with Crippen LogP contribution in [0.4, 0.5) is 0 Å². The molecule has 0 aromatic heterocycles. The molecule has 0 saturated heterocycles. The maximum absolute atomic E-state index is 11.8. The Morgan fingerprint density at radius 2 is 2.00 bits per heavy atom. The summed E-state index contributed by atoms with van der Waals surface area (Å²) in [6, 6.07) is 5.32. The Hall–Kier alpha value is -1.75. The molecule has 19 heavy (non-hydrogen) atoms. The molecule has 2 unspecified atom stereocenters. The Balaban J connectivity index is 2.70. The zero-order valence-corrected chi connectivity index (χ0v) is 11.9. The molecule has 3 N–H and O–H groups in total. The molecule has 106 valence electrons. The van der Waals surface area contributed by atoms with Gasteiger partial charge < -0.3 is 20.5 Å². The van der Waals surface area contributed by atoms with Crippen molar-refractivity contribution in [2.45, 2.75) is 26.4 Å². The van der Waals surface area contributed by atoms with Gasteiger partial charge in [-0.15, -0.1) is 0 Å². The van der Waals surface area contributed by atoms with Crippen molar-refractivity contribution >= 4 is 5.91 Å². The normalized spacial score (nSPS) is 13.5. The highest BCUT2D eigenvalue weighted by Gasteiger charge is 2.17. The first kappa shape index (κ1) is 15.3. The van der Waals surface area contributed by atoms with Crippen LogP contribution in [0.1, 0.15) is 19.4 Å². The predicted octanol–water partition coefficient (Wildman–Crippen LogP) is 1.30. The summed E-state index contributed by atoms with van der Waals surface area (Å²) in [5, 5.41) is 2.85. The van der Waals surface area contributed by atoms with Gasteiger partial charge in [-0.05, 0) is 19.1 Å². The number of hydrogen-bond acceptors (Lipinski definition) is 4. The summed E-state index contributed by atoms with van der Waals surface area (Å²) in [5.41, 5.74) is 6.59. The number of ether oxygens (including phenoxy) is 2. The first-order chi connectivity index (χ1) is 8.99. The fraction of sp³-hybridized carbons (Fsp3) is 0.500. The van der Waals surface area contributed by atoms with Crippen LogP contribution in [0, 0.1) is 5.92 Å². The number of amides is 1. The third-order valence-electron chi connectivity index (χ3n) is 3.15. The largest absolute Gasteiger partial charge is 0.497 e. The Labute approximate surface area is 114 Å². The second-order valence-corrected chi connectivity index (χ2v) is 4.54. The SMILES string of the molecule is COc1ccc(CNC(=O)C(C)C(C)N)c(OC)c1. The molecular weight excluding hydrogens is 244 g/mol. The number of nitrogens with one attached hydrogen (secondary N) is 1. The van der Waals surface area contributed by atoms with E-state index in [1.54, 1.807) is 20.3 Å². The summed E-state index contributed by atoms with van der Waals surface area (Å²) in [6.07, 6.45) is 0. The Kier molecular flexibility index (Phi) is 5.63. The fourth-order valence-corrected chi connectivity index (χ4v) is 1.58. The zero-order valence-electron chi connectivity index (χ0n) is 11.9. The van der Waals surface area contributed by atoms with Gasteiger partial charge in [0.2, 0.25) is 5.91 Å². The lowest BCUT2D eigenvalue weighted by Crippen LogP contribution is -2.38. The molecule has 1 aromatic carbocycles. The minimum Gasteiger partial charge on any atom is -0.497 e. The van der Waals surface area contributed by atoms with E-state index >= 15 is 0 Å². The van der Waals surface area contributed by atoms with E-state index in [1.165, 1.54) is 0 Å². The van der Waals surface area contributed by atoms with Crippen LogP contribution in [0.5, 0.6) is 11.5 Å². The van der Waals surface area contributed by atoms with Crippen molar-refractivity contribution in [1.29, 1.82) is 0 Å². The summed E-state index contributed by atoms with van der Waals surface area (Å²) in [4.78, 5) is 11.8. The van der Waals surface area contributed by atoms with Gasteiger partial charge in [-0.1, -0.05) is 6.92 Å². The highest BCUT2D eigenvalue weighted by molar-refractivity contribution is 5.79. The van der Waals surface area contributed by atoms with Crippen LogP contribution in [-0.4, -0.2) is 26.2 Å². The number of methoxy groups -OCH3 is 2. The van der Waals surface area contributed by atoms with E-state index in [-0.39, 0.29) is 17.9 Å². The van der Waals surface area contributed by atoms with Gasteiger partial charge in [0.15, 0.2) is 0 Å². The molecule has 5 nitrogen and oxygen atoms in total. The number of benzene rings is 1. The summed E-state index contributed by atoms with van der Waals surface area (Å²) < 4.78 is 10.4. The molecule has 1 rings (SSSR count). The molecule has 0 heterocycles. The summed E-state index contributed by atoms with van der Waals surface area (Å²) in [6.45, 7) is 4.03. The first-order valence-corrected chi connectivity index (χ1v) is 6.23. The molecule has 0 fully saturated rings. The molecule has 0 aliphatic heterocycles. The van der Waals surface area contributed by atoms with E-state index in [2.05, 4.69) is 5.32 Å². The van der Waals surface area contributed by atoms with E-state index in [4.69, 9.17) is 15.2 Å². The molecular formula is C14H22N2O3. The van der Waals surface area contributed by atoms with Gasteiger partial charge in [0.05, 0.1) is 14.2 Å². The molecule has 1 amide bonds. The van der Waals surface area contributed by atoms with Crippen LogP contribution >= 0.6 is 0 Å². The van der Waals surface area contributed by atoms with E-state index in [0.717, 1.165) is 11.3 Å². The first-order valence-electron chi connectivity index (χ1n) is 6.23. The van der Waals surface area contributed by atoms with Gasteiger partial charge in [0, 0.05) is 30.1 Å². The maximum Gasteiger partial charge on any atom is 0.224 e. The van der Waals surface area contributed by atoms with Crippen LogP contribution in [0.25, 0.3) is 0 Å². The quantitative estimate of drug-likeness (QED) is 0.814. The number of nitrogens with two attached hydrogens (primary N) is 1. The average molecular weight is 266 g/mol. The topological polar surface area (TPSA) is 73.6 Å². The standard InChI is InChI=1S/C14H22N2O3/c1-9(10(2)15)14(17)16-8-11-5-6-12(18-3)7-13(11)19-4/h5-7,9-10H,8,15H2,1-4H3,(H,16,17). The zero-order chi connectivity index (χ0) is 14.4. The van der Waals surface area contributed by atoms with E-state index in [9.17, 15) is 4.79 Å². The van der Waals surface area contributed by atoms with Gasteiger partial charge in [-0.3, -0.25) is 4.79 Å². The number of rotatable bonds is 6. The van der Waals surface area contributed by atoms with Gasteiger partial charge in [0.25, 0.3) is 0 Å². The van der Waals surface area contributed by atoms with Gasteiger partial charge >= 0.3 is 0 Å². The Morgan fingerprint density at radius 1 is 1.32 bits per heavy atom. The van der Waals surface area contributed by atoms with Crippen molar-refractivity contribution in [3.8, 4) is 11.5 Å². The molecule has 5 heteroatoms. The molecule has 0 aliphatic rings. The number of carbonyl (C=O) groups is 1. The third-order valence-corrected chi connectivity index (χ3v) is 3.15. The second kappa shape index (κ2) is 6.99. The van der Waals surface area contributed by atoms with Gasteiger partial charge in [-0.2, -0.15) is 0 Å². The molecule has 2 atom stereocenters. The molecule has 0 saturated carbocycles. The molecule has 0 bridgehead atoms. The van der Waals surface area contributed by atoms with Crippen LogP contribution < -0.4 is 20.5 Å². The lowest BCUT2D eigenvalue weighted by Gasteiger charge is -2.16. The van der Waals surface area contributed by atoms with Crippen LogP contribution in [0.15, 0.2) is 18.2 Å². The van der Waals surface area contributed by atoms with E-state index < -0.39 is 0 Å². The van der Waals surface area contributed by atoms with Crippen LogP contribution in [0.3, 0.4) is 0 Å².